The van der Waals surface area contributed by atoms with Crippen LogP contribution in [-0.2, 0) is 17.8 Å². The predicted octanol–water partition coefficient (Wildman–Crippen LogP) is 5.46. The topological polar surface area (TPSA) is 67.9 Å². The maximum Gasteiger partial charge on any atom is 0.420 e. The van der Waals surface area contributed by atoms with E-state index < -0.39 is 0 Å². The van der Waals surface area contributed by atoms with E-state index in [-0.39, 0.29) is 23.9 Å². The van der Waals surface area contributed by atoms with Crippen LogP contribution in [0.25, 0.3) is 11.1 Å². The summed E-state index contributed by atoms with van der Waals surface area (Å²) in [5.41, 5.74) is 3.85. The zero-order valence-electron chi connectivity index (χ0n) is 21.2. The summed E-state index contributed by atoms with van der Waals surface area (Å²) >= 11 is 0. The molecular formula is C30H33N3O4. The molecule has 4 aromatic rings. The largest absolute Gasteiger partial charge is 0.448 e. The number of carbonyl (C=O) groups is 1. The molecule has 1 aliphatic rings. The number of aromatic nitrogens is 1. The van der Waals surface area contributed by atoms with Crippen LogP contribution in [-0.4, -0.2) is 46.2 Å². The zero-order valence-corrected chi connectivity index (χ0v) is 21.2. The molecular weight excluding hydrogens is 466 g/mol. The molecule has 0 bridgehead atoms. The van der Waals surface area contributed by atoms with Crippen LogP contribution in [0.3, 0.4) is 0 Å². The number of piperidine rings is 1. The molecule has 3 aromatic carbocycles. The average molecular weight is 500 g/mol. The molecule has 1 saturated heterocycles. The molecule has 192 valence electrons. The molecule has 0 radical (unpaired) electrons. The summed E-state index contributed by atoms with van der Waals surface area (Å²) in [5, 5.41) is 0. The third-order valence-corrected chi connectivity index (χ3v) is 7.13. The Morgan fingerprint density at radius 2 is 1.49 bits per heavy atom. The molecule has 37 heavy (non-hydrogen) atoms. The molecule has 1 amide bonds. The van der Waals surface area contributed by atoms with Crippen LogP contribution < -0.4 is 5.76 Å². The quantitative estimate of drug-likeness (QED) is 0.322. The number of nitrogens with zero attached hydrogens (tertiary/aromatic N) is 3. The van der Waals surface area contributed by atoms with Gasteiger partial charge in [0.05, 0.1) is 5.52 Å². The van der Waals surface area contributed by atoms with E-state index in [9.17, 15) is 9.59 Å². The first-order chi connectivity index (χ1) is 18.1. The number of amides is 1. The molecule has 0 aliphatic carbocycles. The second-order valence-electron chi connectivity index (χ2n) is 9.73. The Hall–Kier alpha value is -3.84. The number of carbonyl (C=O) groups excluding carboxylic acids is 1. The molecule has 1 aliphatic heterocycles. The maximum absolute atomic E-state index is 12.9. The monoisotopic (exact) mass is 499 g/mol. The normalized spacial score (nSPS) is 15.2. The van der Waals surface area contributed by atoms with Gasteiger partial charge in [-0.15, -0.1) is 0 Å². The first-order valence-electron chi connectivity index (χ1n) is 12.9. The van der Waals surface area contributed by atoms with Crippen LogP contribution >= 0.6 is 0 Å². The van der Waals surface area contributed by atoms with Gasteiger partial charge in [0.2, 0.25) is 0 Å². The van der Waals surface area contributed by atoms with E-state index in [1.807, 2.05) is 54.6 Å². The van der Waals surface area contributed by atoms with E-state index in [1.54, 1.807) is 15.5 Å². The number of benzene rings is 3. The number of rotatable bonds is 8. The number of para-hydroxylation sites is 2. The molecule has 2 heterocycles. The maximum atomic E-state index is 12.9. The van der Waals surface area contributed by atoms with Crippen molar-refractivity contribution < 1.29 is 13.9 Å². The third kappa shape index (κ3) is 5.94. The number of fused-ring (bicyclic) bond motifs is 1. The predicted molar refractivity (Wildman–Crippen MR) is 143 cm³/mol. The summed E-state index contributed by atoms with van der Waals surface area (Å²) in [6.45, 7) is 5.04. The van der Waals surface area contributed by atoms with Crippen molar-refractivity contribution in [2.45, 2.75) is 44.9 Å². The lowest BCUT2D eigenvalue weighted by Crippen LogP contribution is -2.42. The highest BCUT2D eigenvalue weighted by atomic mass is 16.6. The Bertz CT molecular complexity index is 1320. The lowest BCUT2D eigenvalue weighted by molar-refractivity contribution is 0.0566. The fraction of sp³-hybridized carbons (Fsp3) is 0.333. The second kappa shape index (κ2) is 11.5. The van der Waals surface area contributed by atoms with E-state index in [0.717, 1.165) is 18.6 Å². The van der Waals surface area contributed by atoms with Gasteiger partial charge in [-0.25, -0.2) is 9.59 Å². The fourth-order valence-electron chi connectivity index (χ4n) is 5.03. The van der Waals surface area contributed by atoms with Crippen molar-refractivity contribution in [1.29, 1.82) is 0 Å². The molecule has 0 spiro atoms. The molecule has 0 N–H and O–H groups in total. The Labute approximate surface area is 216 Å². The van der Waals surface area contributed by atoms with Crippen LogP contribution in [0.5, 0.6) is 0 Å². The number of likely N-dealkylation sites (tertiary alicyclic amines) is 1. The van der Waals surface area contributed by atoms with E-state index in [1.165, 1.54) is 11.1 Å². The molecule has 1 fully saturated rings. The summed E-state index contributed by atoms with van der Waals surface area (Å²) in [6, 6.07) is 28.2. The molecule has 1 unspecified atom stereocenters. The average Bonchev–Trinajstić information content (AvgIpc) is 3.28. The minimum absolute atomic E-state index is 0.00589. The van der Waals surface area contributed by atoms with E-state index >= 15 is 0 Å². The summed E-state index contributed by atoms with van der Waals surface area (Å²) in [4.78, 5) is 29.4. The summed E-state index contributed by atoms with van der Waals surface area (Å²) in [6.07, 6.45) is 1.07. The van der Waals surface area contributed by atoms with Crippen LogP contribution in [0.15, 0.2) is 94.1 Å². The zero-order chi connectivity index (χ0) is 25.6. The first kappa shape index (κ1) is 24.8. The molecule has 1 atom stereocenters. The summed E-state index contributed by atoms with van der Waals surface area (Å²) in [7, 11) is 0. The summed E-state index contributed by atoms with van der Waals surface area (Å²) < 4.78 is 12.9. The number of oxazole rings is 1. The highest BCUT2D eigenvalue weighted by molar-refractivity contribution is 5.72. The van der Waals surface area contributed by atoms with E-state index in [4.69, 9.17) is 9.15 Å². The Morgan fingerprint density at radius 3 is 2.11 bits per heavy atom. The van der Waals surface area contributed by atoms with Gasteiger partial charge < -0.3 is 14.1 Å². The van der Waals surface area contributed by atoms with Gasteiger partial charge in [0, 0.05) is 38.3 Å². The molecule has 0 saturated carbocycles. The van der Waals surface area contributed by atoms with Gasteiger partial charge in [0.25, 0.3) is 0 Å². The Balaban J connectivity index is 1.17. The van der Waals surface area contributed by atoms with Gasteiger partial charge in [0.1, 0.15) is 6.61 Å². The molecule has 1 aromatic heterocycles. The minimum Gasteiger partial charge on any atom is -0.448 e. The third-order valence-electron chi connectivity index (χ3n) is 7.13. The molecule has 7 nitrogen and oxygen atoms in total. The van der Waals surface area contributed by atoms with Crippen LogP contribution in [0, 0.1) is 0 Å². The minimum atomic E-state index is -0.340. The van der Waals surface area contributed by atoms with Gasteiger partial charge in [-0.1, -0.05) is 72.8 Å². The highest BCUT2D eigenvalue weighted by Gasteiger charge is 2.28. The van der Waals surface area contributed by atoms with E-state index in [2.05, 4.69) is 36.1 Å². The Morgan fingerprint density at radius 1 is 0.919 bits per heavy atom. The van der Waals surface area contributed by atoms with Crippen LogP contribution in [0.1, 0.15) is 36.9 Å². The second-order valence-corrected chi connectivity index (χ2v) is 9.73. The summed E-state index contributed by atoms with van der Waals surface area (Å²) in [5.74, 6) is -0.340. The van der Waals surface area contributed by atoms with Crippen LogP contribution in [0.4, 0.5) is 4.79 Å². The van der Waals surface area contributed by atoms with Crippen molar-refractivity contribution in [2.75, 3.05) is 19.7 Å². The Kier molecular flexibility index (Phi) is 7.70. The number of ether oxygens (including phenoxy) is 1. The van der Waals surface area contributed by atoms with Crippen molar-refractivity contribution in [1.82, 2.24) is 14.4 Å². The van der Waals surface area contributed by atoms with Gasteiger partial charge in [-0.2, -0.15) is 0 Å². The van der Waals surface area contributed by atoms with Crippen molar-refractivity contribution in [3.05, 3.63) is 107 Å². The van der Waals surface area contributed by atoms with Gasteiger partial charge in [-0.05, 0) is 43.0 Å². The number of hydrogen-bond donors (Lipinski definition) is 0. The van der Waals surface area contributed by atoms with Crippen LogP contribution in [0.2, 0.25) is 0 Å². The molecule has 5 rings (SSSR count). The fourth-order valence-corrected chi connectivity index (χ4v) is 5.03. The molecule has 7 heteroatoms. The SMILES string of the molecule is CC(COC(=O)N1CCC(n2c(=O)oc3ccccc32)CC1)N(Cc1ccccc1)Cc1ccccc1. The van der Waals surface area contributed by atoms with Gasteiger partial charge in [0.15, 0.2) is 5.58 Å². The standard InChI is InChI=1S/C30H33N3O4/c1-23(32(20-24-10-4-2-5-11-24)21-25-12-6-3-7-13-25)22-36-29(34)31-18-16-26(17-19-31)33-27-14-8-9-15-28(27)37-30(33)35/h2-15,23,26H,16-22H2,1H3. The van der Waals surface area contributed by atoms with Gasteiger partial charge >= 0.3 is 11.8 Å². The van der Waals surface area contributed by atoms with Crippen molar-refractivity contribution in [2.24, 2.45) is 0 Å². The van der Waals surface area contributed by atoms with Crippen molar-refractivity contribution in [3.63, 3.8) is 0 Å². The lowest BCUT2D eigenvalue weighted by atomic mass is 10.0. The first-order valence-corrected chi connectivity index (χ1v) is 12.9. The van der Waals surface area contributed by atoms with Gasteiger partial charge in [-0.3, -0.25) is 9.47 Å². The number of hydrogen-bond acceptors (Lipinski definition) is 5. The lowest BCUT2D eigenvalue weighted by Gasteiger charge is -2.33. The van der Waals surface area contributed by atoms with E-state index in [0.29, 0.717) is 38.1 Å². The highest BCUT2D eigenvalue weighted by Crippen LogP contribution is 2.26. The van der Waals surface area contributed by atoms with Crippen molar-refractivity contribution in [3.8, 4) is 0 Å². The van der Waals surface area contributed by atoms with Crippen molar-refractivity contribution >= 4 is 17.2 Å². The smallest absolute Gasteiger partial charge is 0.420 e.